The van der Waals surface area contributed by atoms with Gasteiger partial charge in [0.15, 0.2) is 0 Å². The van der Waals surface area contributed by atoms with Gasteiger partial charge in [-0.1, -0.05) is 12.1 Å². The molecule has 0 aliphatic carbocycles. The van der Waals surface area contributed by atoms with E-state index in [1.165, 1.54) is 11.3 Å². The Morgan fingerprint density at radius 2 is 2.17 bits per heavy atom. The average molecular weight is 334 g/mol. The number of esters is 1. The van der Waals surface area contributed by atoms with Gasteiger partial charge in [-0.05, 0) is 45.4 Å². The predicted molar refractivity (Wildman–Crippen MR) is 92.0 cm³/mol. The highest BCUT2D eigenvalue weighted by molar-refractivity contribution is 7.17. The largest absolute Gasteiger partial charge is 0.494 e. The summed E-state index contributed by atoms with van der Waals surface area (Å²) in [4.78, 5) is 16.9. The zero-order valence-electron chi connectivity index (χ0n) is 13.5. The molecule has 0 aliphatic heterocycles. The van der Waals surface area contributed by atoms with E-state index in [4.69, 9.17) is 15.2 Å². The third kappa shape index (κ3) is 4.77. The van der Waals surface area contributed by atoms with E-state index in [0.29, 0.717) is 30.3 Å². The molecule has 0 radical (unpaired) electrons. The average Bonchev–Trinajstić information content (AvgIpc) is 2.94. The first-order valence-corrected chi connectivity index (χ1v) is 8.55. The predicted octanol–water partition coefficient (Wildman–Crippen LogP) is 3.41. The van der Waals surface area contributed by atoms with Crippen molar-refractivity contribution in [1.29, 1.82) is 0 Å². The summed E-state index contributed by atoms with van der Waals surface area (Å²) < 4.78 is 10.8. The van der Waals surface area contributed by atoms with Crippen molar-refractivity contribution in [2.24, 2.45) is 5.73 Å². The number of carbonyl (C=O) groups is 1. The number of unbranched alkanes of at least 4 members (excludes halogenated alkanes) is 1. The molecule has 0 aliphatic rings. The van der Waals surface area contributed by atoms with Gasteiger partial charge >= 0.3 is 5.97 Å². The summed E-state index contributed by atoms with van der Waals surface area (Å²) in [6, 6.07) is 7.74. The summed E-state index contributed by atoms with van der Waals surface area (Å²) in [5, 5.41) is 0.790. The Morgan fingerprint density at radius 1 is 1.35 bits per heavy atom. The minimum absolute atomic E-state index is 0.317. The van der Waals surface area contributed by atoms with Crippen LogP contribution in [0.3, 0.4) is 0 Å². The highest BCUT2D eigenvalue weighted by Gasteiger charge is 2.17. The SMILES string of the molecule is CCOC(=O)c1sc(-c2cccc(OCCCCN)c2)nc1C. The summed E-state index contributed by atoms with van der Waals surface area (Å²) >= 11 is 1.34. The fraction of sp³-hybridized carbons (Fsp3) is 0.412. The summed E-state index contributed by atoms with van der Waals surface area (Å²) in [6.07, 6.45) is 1.89. The molecule has 2 N–H and O–H groups in total. The first-order chi connectivity index (χ1) is 11.2. The van der Waals surface area contributed by atoms with E-state index in [1.807, 2.05) is 31.2 Å². The molecule has 0 unspecified atom stereocenters. The zero-order chi connectivity index (χ0) is 16.7. The third-order valence-electron chi connectivity index (χ3n) is 3.21. The number of ether oxygens (including phenoxy) is 2. The fourth-order valence-electron chi connectivity index (χ4n) is 2.06. The van der Waals surface area contributed by atoms with Gasteiger partial charge in [-0.25, -0.2) is 9.78 Å². The van der Waals surface area contributed by atoms with Crippen LogP contribution in [0.15, 0.2) is 24.3 Å². The van der Waals surface area contributed by atoms with E-state index < -0.39 is 0 Å². The monoisotopic (exact) mass is 334 g/mol. The molecule has 6 heteroatoms. The number of aromatic nitrogens is 1. The first-order valence-electron chi connectivity index (χ1n) is 7.73. The maximum Gasteiger partial charge on any atom is 0.350 e. The van der Waals surface area contributed by atoms with E-state index in [-0.39, 0.29) is 5.97 Å². The van der Waals surface area contributed by atoms with E-state index >= 15 is 0 Å². The van der Waals surface area contributed by atoms with Crippen LogP contribution in [-0.2, 0) is 4.74 Å². The van der Waals surface area contributed by atoms with Gasteiger partial charge in [-0.2, -0.15) is 0 Å². The second-order valence-corrected chi connectivity index (χ2v) is 6.03. The van der Waals surface area contributed by atoms with Crippen LogP contribution in [0.5, 0.6) is 5.75 Å². The molecule has 2 rings (SSSR count). The van der Waals surface area contributed by atoms with Crippen LogP contribution in [0, 0.1) is 6.92 Å². The van der Waals surface area contributed by atoms with Crippen molar-refractivity contribution in [3.63, 3.8) is 0 Å². The van der Waals surface area contributed by atoms with Crippen molar-refractivity contribution in [2.45, 2.75) is 26.7 Å². The van der Waals surface area contributed by atoms with Crippen LogP contribution in [0.4, 0.5) is 0 Å². The molecule has 0 bridgehead atoms. The lowest BCUT2D eigenvalue weighted by Crippen LogP contribution is -2.03. The highest BCUT2D eigenvalue weighted by atomic mass is 32.1. The van der Waals surface area contributed by atoms with Crippen LogP contribution in [0.2, 0.25) is 0 Å². The molecule has 5 nitrogen and oxygen atoms in total. The normalized spacial score (nSPS) is 10.6. The van der Waals surface area contributed by atoms with Gasteiger partial charge in [-0.3, -0.25) is 0 Å². The van der Waals surface area contributed by atoms with E-state index in [1.54, 1.807) is 6.92 Å². The van der Waals surface area contributed by atoms with Crippen molar-refractivity contribution >= 4 is 17.3 Å². The van der Waals surface area contributed by atoms with E-state index in [0.717, 1.165) is 29.2 Å². The smallest absolute Gasteiger partial charge is 0.350 e. The number of carbonyl (C=O) groups excluding carboxylic acids is 1. The number of hydrogen-bond donors (Lipinski definition) is 1. The molecule has 0 saturated heterocycles. The molecule has 0 amide bonds. The molecular formula is C17H22N2O3S. The molecule has 23 heavy (non-hydrogen) atoms. The number of nitrogens with zero attached hydrogens (tertiary/aromatic N) is 1. The van der Waals surface area contributed by atoms with E-state index in [9.17, 15) is 4.79 Å². The van der Waals surface area contributed by atoms with Crippen molar-refractivity contribution in [3.05, 3.63) is 34.8 Å². The number of hydrogen-bond acceptors (Lipinski definition) is 6. The van der Waals surface area contributed by atoms with Crippen LogP contribution in [-0.4, -0.2) is 30.7 Å². The van der Waals surface area contributed by atoms with Crippen molar-refractivity contribution in [2.75, 3.05) is 19.8 Å². The lowest BCUT2D eigenvalue weighted by atomic mass is 10.2. The second-order valence-electron chi connectivity index (χ2n) is 5.03. The number of aryl methyl sites for hydroxylation is 1. The Morgan fingerprint density at radius 3 is 2.91 bits per heavy atom. The van der Waals surface area contributed by atoms with Crippen molar-refractivity contribution in [3.8, 4) is 16.3 Å². The minimum atomic E-state index is -0.317. The zero-order valence-corrected chi connectivity index (χ0v) is 14.3. The summed E-state index contributed by atoms with van der Waals surface area (Å²) in [7, 11) is 0. The van der Waals surface area contributed by atoms with Gasteiger partial charge < -0.3 is 15.2 Å². The Hall–Kier alpha value is -1.92. The van der Waals surface area contributed by atoms with Gasteiger partial charge in [0.25, 0.3) is 0 Å². The summed E-state index contributed by atoms with van der Waals surface area (Å²) in [6.45, 7) is 5.29. The van der Waals surface area contributed by atoms with Gasteiger partial charge in [0.2, 0.25) is 0 Å². The van der Waals surface area contributed by atoms with Gasteiger partial charge in [-0.15, -0.1) is 11.3 Å². The first kappa shape index (κ1) is 17.4. The minimum Gasteiger partial charge on any atom is -0.494 e. The Labute approximate surface area is 140 Å². The van der Waals surface area contributed by atoms with Gasteiger partial charge in [0, 0.05) is 5.56 Å². The van der Waals surface area contributed by atoms with Crippen LogP contribution >= 0.6 is 11.3 Å². The van der Waals surface area contributed by atoms with Crippen LogP contribution in [0.25, 0.3) is 10.6 Å². The molecule has 1 heterocycles. The molecule has 2 aromatic rings. The lowest BCUT2D eigenvalue weighted by Gasteiger charge is -2.06. The van der Waals surface area contributed by atoms with E-state index in [2.05, 4.69) is 4.98 Å². The van der Waals surface area contributed by atoms with Crippen molar-refractivity contribution in [1.82, 2.24) is 4.98 Å². The van der Waals surface area contributed by atoms with Crippen molar-refractivity contribution < 1.29 is 14.3 Å². The fourth-order valence-corrected chi connectivity index (χ4v) is 3.02. The number of thiazole rings is 1. The van der Waals surface area contributed by atoms with Gasteiger partial charge in [0.05, 0.1) is 18.9 Å². The lowest BCUT2D eigenvalue weighted by molar-refractivity contribution is 0.0531. The third-order valence-corrected chi connectivity index (χ3v) is 4.39. The maximum absolute atomic E-state index is 11.9. The second kappa shape index (κ2) is 8.64. The summed E-state index contributed by atoms with van der Waals surface area (Å²) in [5.41, 5.74) is 7.10. The molecule has 1 aromatic carbocycles. The number of benzene rings is 1. The Balaban J connectivity index is 2.12. The molecular weight excluding hydrogens is 312 g/mol. The van der Waals surface area contributed by atoms with Gasteiger partial charge in [0.1, 0.15) is 15.6 Å². The topological polar surface area (TPSA) is 74.4 Å². The number of rotatable bonds is 8. The maximum atomic E-state index is 11.9. The Kier molecular flexibility index (Phi) is 6.55. The molecule has 124 valence electrons. The molecule has 0 saturated carbocycles. The summed E-state index contributed by atoms with van der Waals surface area (Å²) in [5.74, 6) is 0.480. The Bertz CT molecular complexity index is 655. The standard InChI is InChI=1S/C17H22N2O3S/c1-3-21-17(20)15-12(2)19-16(23-15)13-7-6-8-14(11-13)22-10-5-4-9-18/h6-8,11H,3-5,9-10,18H2,1-2H3. The molecule has 0 atom stereocenters. The molecule has 1 aromatic heterocycles. The van der Waals surface area contributed by atoms with Crippen LogP contribution in [0.1, 0.15) is 35.1 Å². The molecule has 0 fully saturated rings. The highest BCUT2D eigenvalue weighted by Crippen LogP contribution is 2.30. The molecule has 0 spiro atoms. The quantitative estimate of drug-likeness (QED) is 0.591. The number of nitrogens with two attached hydrogens (primary N) is 1. The van der Waals surface area contributed by atoms with Crippen LogP contribution < -0.4 is 10.5 Å².